The molecule has 9 heteroatoms. The highest BCUT2D eigenvalue weighted by Crippen LogP contribution is 2.46. The number of nitrogens with one attached hydrogen (secondary N) is 1. The van der Waals surface area contributed by atoms with Gasteiger partial charge >= 0.3 is 5.97 Å². The number of ether oxygens (including phenoxy) is 1. The van der Waals surface area contributed by atoms with Gasteiger partial charge in [0.25, 0.3) is 0 Å². The van der Waals surface area contributed by atoms with Crippen molar-refractivity contribution in [1.29, 1.82) is 0 Å². The number of aromatic nitrogens is 1. The molecule has 3 rings (SSSR count). The molecule has 2 N–H and O–H groups in total. The molecular formula is C30H33Cl3N2O4. The van der Waals surface area contributed by atoms with Gasteiger partial charge in [0, 0.05) is 33.3 Å². The predicted molar refractivity (Wildman–Crippen MR) is 157 cm³/mol. The first kappa shape index (κ1) is 30.9. The first-order valence-corrected chi connectivity index (χ1v) is 13.5. The van der Waals surface area contributed by atoms with E-state index in [9.17, 15) is 14.7 Å². The van der Waals surface area contributed by atoms with Gasteiger partial charge in [-0.2, -0.15) is 0 Å². The van der Waals surface area contributed by atoms with E-state index in [0.717, 1.165) is 5.56 Å². The number of esters is 1. The van der Waals surface area contributed by atoms with Crippen molar-refractivity contribution >= 4 is 52.4 Å². The number of pyridine rings is 1. The van der Waals surface area contributed by atoms with Crippen LogP contribution in [0.5, 0.6) is 0 Å². The maximum absolute atomic E-state index is 13.3. The molecule has 1 atom stereocenters. The average Bonchev–Trinajstić information content (AvgIpc) is 2.77. The fraction of sp³-hybridized carbons (Fsp3) is 0.367. The van der Waals surface area contributed by atoms with E-state index in [2.05, 4.69) is 10.3 Å². The number of carbonyl (C=O) groups is 2. The summed E-state index contributed by atoms with van der Waals surface area (Å²) in [5.41, 5.74) is -1.59. The zero-order valence-electron chi connectivity index (χ0n) is 23.1. The molecule has 2 aromatic carbocycles. The highest BCUT2D eigenvalue weighted by atomic mass is 35.5. The van der Waals surface area contributed by atoms with E-state index in [0.29, 0.717) is 15.6 Å². The third-order valence-corrected chi connectivity index (χ3v) is 6.85. The Labute approximate surface area is 244 Å². The normalized spacial score (nSPS) is 13.5. The number of halogens is 3. The zero-order chi connectivity index (χ0) is 29.3. The van der Waals surface area contributed by atoms with Crippen molar-refractivity contribution in [3.05, 3.63) is 80.4 Å². The maximum Gasteiger partial charge on any atom is 0.309 e. The summed E-state index contributed by atoms with van der Waals surface area (Å²) in [6, 6.07) is 11.6. The van der Waals surface area contributed by atoms with Crippen molar-refractivity contribution in [2.75, 3.05) is 5.32 Å². The second-order valence-corrected chi connectivity index (χ2v) is 12.7. The first-order valence-electron chi connectivity index (χ1n) is 12.4. The Morgan fingerprint density at radius 2 is 1.54 bits per heavy atom. The smallest absolute Gasteiger partial charge is 0.309 e. The van der Waals surface area contributed by atoms with Crippen LogP contribution >= 0.6 is 34.8 Å². The Morgan fingerprint density at radius 3 is 2.08 bits per heavy atom. The molecule has 0 saturated carbocycles. The van der Waals surface area contributed by atoms with Crippen LogP contribution in [0.2, 0.25) is 15.1 Å². The van der Waals surface area contributed by atoms with Crippen molar-refractivity contribution in [1.82, 2.24) is 4.98 Å². The molecule has 0 aliphatic carbocycles. The minimum Gasteiger partial charge on any atom is -0.460 e. The minimum atomic E-state index is -2.03. The second-order valence-electron chi connectivity index (χ2n) is 11.5. The summed E-state index contributed by atoms with van der Waals surface area (Å²) in [4.78, 5) is 31.0. The molecule has 1 unspecified atom stereocenters. The van der Waals surface area contributed by atoms with Crippen LogP contribution in [0.1, 0.15) is 64.7 Å². The molecule has 0 aliphatic heterocycles. The molecule has 1 heterocycles. The Kier molecular flexibility index (Phi) is 9.08. The predicted octanol–water partition coefficient (Wildman–Crippen LogP) is 7.97. The summed E-state index contributed by atoms with van der Waals surface area (Å²) < 4.78 is 5.58. The second kappa shape index (κ2) is 11.5. The summed E-state index contributed by atoms with van der Waals surface area (Å²) >= 11 is 19.8. The average molecular weight is 592 g/mol. The molecule has 0 bridgehead atoms. The number of anilines is 1. The van der Waals surface area contributed by atoms with Gasteiger partial charge in [-0.1, -0.05) is 73.8 Å². The number of aliphatic hydroxyl groups is 1. The van der Waals surface area contributed by atoms with E-state index < -0.39 is 29.0 Å². The number of hydrogen-bond acceptors (Lipinski definition) is 5. The van der Waals surface area contributed by atoms with Crippen molar-refractivity contribution in [3.63, 3.8) is 0 Å². The Balaban J connectivity index is 2.40. The van der Waals surface area contributed by atoms with Crippen LogP contribution in [0.15, 0.2) is 48.7 Å². The van der Waals surface area contributed by atoms with Gasteiger partial charge in [-0.15, -0.1) is 0 Å². The first-order chi connectivity index (χ1) is 17.9. The van der Waals surface area contributed by atoms with E-state index in [-0.39, 0.29) is 33.4 Å². The molecule has 0 aliphatic rings. The molecule has 1 aromatic heterocycles. The molecule has 39 heavy (non-hydrogen) atoms. The SMILES string of the molecule is Cc1ccc(C(O)(CC(=O)OC(C)(C)C)c2ccnc(-c3c(Cl)cccc3Cl)c2NC(=O)C(C)(C)C)c(Cl)c1. The topological polar surface area (TPSA) is 88.5 Å². The lowest BCUT2D eigenvalue weighted by molar-refractivity contribution is -0.159. The van der Waals surface area contributed by atoms with Crippen LogP contribution in [-0.2, 0) is 19.9 Å². The van der Waals surface area contributed by atoms with E-state index in [1.165, 1.54) is 12.3 Å². The summed E-state index contributed by atoms with van der Waals surface area (Å²) in [6.07, 6.45) is 0.963. The fourth-order valence-corrected chi connectivity index (χ4v) is 4.99. The third-order valence-electron chi connectivity index (χ3n) is 5.91. The number of aryl methyl sites for hydroxylation is 1. The van der Waals surface area contributed by atoms with E-state index in [4.69, 9.17) is 39.5 Å². The van der Waals surface area contributed by atoms with Gasteiger partial charge in [0.05, 0.1) is 27.8 Å². The van der Waals surface area contributed by atoms with Crippen LogP contribution in [0.3, 0.4) is 0 Å². The summed E-state index contributed by atoms with van der Waals surface area (Å²) in [6.45, 7) is 12.3. The van der Waals surface area contributed by atoms with Gasteiger partial charge in [-0.05, 0) is 57.5 Å². The molecule has 6 nitrogen and oxygen atoms in total. The molecule has 0 saturated heterocycles. The summed E-state index contributed by atoms with van der Waals surface area (Å²) in [7, 11) is 0. The van der Waals surface area contributed by atoms with Crippen LogP contribution in [0.4, 0.5) is 5.69 Å². The number of amides is 1. The van der Waals surface area contributed by atoms with Crippen molar-refractivity contribution in [3.8, 4) is 11.3 Å². The van der Waals surface area contributed by atoms with E-state index >= 15 is 0 Å². The van der Waals surface area contributed by atoms with Gasteiger partial charge in [0.2, 0.25) is 5.91 Å². The summed E-state index contributed by atoms with van der Waals surface area (Å²) in [5.74, 6) is -1.01. The number of nitrogens with zero attached hydrogens (tertiary/aromatic N) is 1. The molecule has 3 aromatic rings. The lowest BCUT2D eigenvalue weighted by Gasteiger charge is -2.33. The van der Waals surface area contributed by atoms with Crippen molar-refractivity contribution in [2.24, 2.45) is 5.41 Å². The van der Waals surface area contributed by atoms with E-state index in [1.54, 1.807) is 77.9 Å². The van der Waals surface area contributed by atoms with Gasteiger partial charge in [0.15, 0.2) is 0 Å². The third kappa shape index (κ3) is 7.12. The van der Waals surface area contributed by atoms with Gasteiger partial charge in [-0.3, -0.25) is 14.6 Å². The molecule has 0 radical (unpaired) electrons. The maximum atomic E-state index is 13.3. The van der Waals surface area contributed by atoms with Crippen LogP contribution < -0.4 is 5.32 Å². The Hall–Kier alpha value is -2.64. The largest absolute Gasteiger partial charge is 0.460 e. The standard InChI is InChI=1S/C30H33Cl3N2O4/c1-17-11-12-18(22(33)15-17)30(38,16-23(36)39-29(5,6)7)19-13-14-34-26(24-20(31)9-8-10-21(24)32)25(19)35-27(37)28(2,3)4/h8-15,38H,16H2,1-7H3,(H,35,37). The highest BCUT2D eigenvalue weighted by molar-refractivity contribution is 6.39. The number of hydrogen-bond donors (Lipinski definition) is 2. The zero-order valence-corrected chi connectivity index (χ0v) is 25.3. The molecule has 1 amide bonds. The monoisotopic (exact) mass is 590 g/mol. The van der Waals surface area contributed by atoms with Crippen molar-refractivity contribution in [2.45, 2.75) is 66.1 Å². The van der Waals surface area contributed by atoms with Crippen LogP contribution in [0.25, 0.3) is 11.3 Å². The molecule has 0 fully saturated rings. The molecule has 208 valence electrons. The number of benzene rings is 2. The fourth-order valence-electron chi connectivity index (χ4n) is 4.03. The highest BCUT2D eigenvalue weighted by Gasteiger charge is 2.41. The van der Waals surface area contributed by atoms with Gasteiger partial charge in [0.1, 0.15) is 11.2 Å². The lowest BCUT2D eigenvalue weighted by Crippen LogP contribution is -2.36. The van der Waals surface area contributed by atoms with Crippen molar-refractivity contribution < 1.29 is 19.4 Å². The molecule has 0 spiro atoms. The molecular weight excluding hydrogens is 559 g/mol. The quantitative estimate of drug-likeness (QED) is 0.284. The van der Waals surface area contributed by atoms with Gasteiger partial charge in [-0.25, -0.2) is 0 Å². The Morgan fingerprint density at radius 1 is 0.923 bits per heavy atom. The van der Waals surface area contributed by atoms with E-state index in [1.807, 2.05) is 6.92 Å². The Bertz CT molecular complexity index is 1390. The minimum absolute atomic E-state index is 0.148. The van der Waals surface area contributed by atoms with Crippen LogP contribution in [-0.4, -0.2) is 27.6 Å². The number of carbonyl (C=O) groups excluding carboxylic acids is 2. The summed E-state index contributed by atoms with van der Waals surface area (Å²) in [5, 5.41) is 16.2. The number of rotatable bonds is 6. The van der Waals surface area contributed by atoms with Gasteiger partial charge < -0.3 is 15.2 Å². The lowest BCUT2D eigenvalue weighted by atomic mass is 9.81. The van der Waals surface area contributed by atoms with Crippen LogP contribution in [0, 0.1) is 12.3 Å².